The van der Waals surface area contributed by atoms with Gasteiger partial charge in [-0.2, -0.15) is 13.2 Å². The number of nitrogens with two attached hydrogens (primary N) is 1. The smallest absolute Gasteiger partial charge is 0.389 e. The van der Waals surface area contributed by atoms with Gasteiger partial charge < -0.3 is 16.4 Å². The van der Waals surface area contributed by atoms with Gasteiger partial charge in [-0.1, -0.05) is 0 Å². The molecule has 4 N–H and O–H groups in total. The summed E-state index contributed by atoms with van der Waals surface area (Å²) in [6.07, 6.45) is -5.01. The molecular weight excluding hydrogens is 259 g/mol. The third-order valence-electron chi connectivity index (χ3n) is 2.49. The molecule has 0 aliphatic carbocycles. The summed E-state index contributed by atoms with van der Waals surface area (Å²) in [5.41, 5.74) is 6.97. The molecule has 0 fully saturated rings. The number of anilines is 2. The lowest BCUT2D eigenvalue weighted by atomic mass is 10.1. The number of hydrogen-bond acceptors (Lipinski definition) is 3. The van der Waals surface area contributed by atoms with Crippen LogP contribution in [0.5, 0.6) is 0 Å². The number of halogens is 3. The Morgan fingerprint density at radius 3 is 2.58 bits per heavy atom. The molecule has 106 valence electrons. The van der Waals surface area contributed by atoms with Crippen LogP contribution >= 0.6 is 0 Å². The lowest BCUT2D eigenvalue weighted by Crippen LogP contribution is -2.18. The molecule has 1 amide bonds. The van der Waals surface area contributed by atoms with Crippen LogP contribution in [0.25, 0.3) is 0 Å². The summed E-state index contributed by atoms with van der Waals surface area (Å²) in [7, 11) is 1.50. The Labute approximate surface area is 109 Å². The highest BCUT2D eigenvalue weighted by Gasteiger charge is 2.25. The van der Waals surface area contributed by atoms with Crippen molar-refractivity contribution < 1.29 is 18.0 Å². The van der Waals surface area contributed by atoms with E-state index < -0.39 is 12.6 Å². The number of alkyl halides is 3. The third-order valence-corrected chi connectivity index (χ3v) is 2.49. The summed E-state index contributed by atoms with van der Waals surface area (Å²) in [5.74, 6) is -0.268. The maximum Gasteiger partial charge on any atom is 0.389 e. The van der Waals surface area contributed by atoms with E-state index in [9.17, 15) is 18.0 Å². The Hall–Kier alpha value is -1.92. The first kappa shape index (κ1) is 15.1. The van der Waals surface area contributed by atoms with Gasteiger partial charge in [0.05, 0.1) is 11.4 Å². The molecule has 0 heterocycles. The monoisotopic (exact) mass is 275 g/mol. The number of nitrogen functional groups attached to an aromatic ring is 1. The SMILES string of the molecule is CNC(=O)c1ccc(NCCCC(F)(F)F)c(N)c1. The number of hydrogen-bond donors (Lipinski definition) is 3. The molecule has 1 aromatic carbocycles. The molecule has 0 aliphatic heterocycles. The summed E-state index contributed by atoms with van der Waals surface area (Å²) >= 11 is 0. The predicted molar refractivity (Wildman–Crippen MR) is 68.0 cm³/mol. The van der Waals surface area contributed by atoms with Crippen LogP contribution in [0.2, 0.25) is 0 Å². The lowest BCUT2D eigenvalue weighted by molar-refractivity contribution is -0.134. The first-order valence-corrected chi connectivity index (χ1v) is 5.75. The summed E-state index contributed by atoms with van der Waals surface area (Å²) in [6.45, 7) is 0.170. The van der Waals surface area contributed by atoms with Crippen molar-refractivity contribution in [2.24, 2.45) is 0 Å². The second kappa shape index (κ2) is 6.31. The second-order valence-corrected chi connectivity index (χ2v) is 4.03. The van der Waals surface area contributed by atoms with Gasteiger partial charge in [0.2, 0.25) is 0 Å². The van der Waals surface area contributed by atoms with Crippen LogP contribution in [0.15, 0.2) is 18.2 Å². The molecule has 0 bridgehead atoms. The van der Waals surface area contributed by atoms with Gasteiger partial charge in [0, 0.05) is 25.6 Å². The van der Waals surface area contributed by atoms with Gasteiger partial charge in [0.25, 0.3) is 5.91 Å². The van der Waals surface area contributed by atoms with Crippen molar-refractivity contribution in [1.82, 2.24) is 5.32 Å². The highest BCUT2D eigenvalue weighted by atomic mass is 19.4. The highest BCUT2D eigenvalue weighted by molar-refractivity contribution is 5.95. The van der Waals surface area contributed by atoms with Gasteiger partial charge >= 0.3 is 6.18 Å². The highest BCUT2D eigenvalue weighted by Crippen LogP contribution is 2.23. The van der Waals surface area contributed by atoms with E-state index in [4.69, 9.17) is 5.73 Å². The number of benzene rings is 1. The Morgan fingerprint density at radius 1 is 1.37 bits per heavy atom. The number of amides is 1. The maximum atomic E-state index is 11.9. The molecule has 4 nitrogen and oxygen atoms in total. The molecule has 19 heavy (non-hydrogen) atoms. The first-order valence-electron chi connectivity index (χ1n) is 5.75. The normalized spacial score (nSPS) is 11.2. The van der Waals surface area contributed by atoms with Crippen molar-refractivity contribution in [3.63, 3.8) is 0 Å². The molecule has 0 saturated carbocycles. The van der Waals surface area contributed by atoms with E-state index in [0.717, 1.165) is 0 Å². The van der Waals surface area contributed by atoms with Crippen LogP contribution in [0.4, 0.5) is 24.5 Å². The lowest BCUT2D eigenvalue weighted by Gasteiger charge is -2.11. The summed E-state index contributed by atoms with van der Waals surface area (Å²) in [4.78, 5) is 11.3. The zero-order valence-corrected chi connectivity index (χ0v) is 10.5. The fraction of sp³-hybridized carbons (Fsp3) is 0.417. The van der Waals surface area contributed by atoms with Crippen molar-refractivity contribution in [1.29, 1.82) is 0 Å². The van der Waals surface area contributed by atoms with Crippen molar-refractivity contribution in [2.75, 3.05) is 24.6 Å². The zero-order valence-electron chi connectivity index (χ0n) is 10.5. The number of carbonyl (C=O) groups excluding carboxylic acids is 1. The van der Waals surface area contributed by atoms with E-state index in [-0.39, 0.29) is 18.9 Å². The molecule has 0 atom stereocenters. The van der Waals surface area contributed by atoms with E-state index in [1.807, 2.05) is 0 Å². The summed E-state index contributed by atoms with van der Waals surface area (Å²) in [6, 6.07) is 4.61. The van der Waals surface area contributed by atoms with Gasteiger partial charge in [0.1, 0.15) is 0 Å². The van der Waals surface area contributed by atoms with Crippen molar-refractivity contribution >= 4 is 17.3 Å². The average molecular weight is 275 g/mol. The van der Waals surface area contributed by atoms with E-state index >= 15 is 0 Å². The van der Waals surface area contributed by atoms with Gasteiger partial charge in [-0.25, -0.2) is 0 Å². The Morgan fingerprint density at radius 2 is 2.05 bits per heavy atom. The first-order chi connectivity index (χ1) is 8.83. The molecule has 0 unspecified atom stereocenters. The number of carbonyl (C=O) groups is 1. The van der Waals surface area contributed by atoms with Crippen molar-refractivity contribution in [3.05, 3.63) is 23.8 Å². The van der Waals surface area contributed by atoms with Gasteiger partial charge in [0.15, 0.2) is 0 Å². The molecule has 0 saturated heterocycles. The fourth-order valence-corrected chi connectivity index (χ4v) is 1.52. The third kappa shape index (κ3) is 5.07. The number of nitrogens with one attached hydrogen (secondary N) is 2. The quantitative estimate of drug-likeness (QED) is 0.571. The maximum absolute atomic E-state index is 11.9. The molecular formula is C12H16F3N3O. The van der Waals surface area contributed by atoms with Gasteiger partial charge in [-0.3, -0.25) is 4.79 Å². The molecule has 0 aliphatic rings. The van der Waals surface area contributed by atoms with E-state index in [1.54, 1.807) is 12.1 Å². The van der Waals surface area contributed by atoms with Gasteiger partial charge in [-0.15, -0.1) is 0 Å². The van der Waals surface area contributed by atoms with Crippen LogP contribution in [-0.4, -0.2) is 25.7 Å². The van der Waals surface area contributed by atoms with Crippen LogP contribution in [0.1, 0.15) is 23.2 Å². The van der Waals surface area contributed by atoms with Gasteiger partial charge in [-0.05, 0) is 24.6 Å². The second-order valence-electron chi connectivity index (χ2n) is 4.03. The standard InChI is InChI=1S/C12H16F3N3O/c1-17-11(19)8-3-4-10(9(16)7-8)18-6-2-5-12(13,14)15/h3-4,7,18H,2,5-6,16H2,1H3,(H,17,19). The van der Waals surface area contributed by atoms with E-state index in [2.05, 4.69) is 10.6 Å². The molecule has 1 aromatic rings. The van der Waals surface area contributed by atoms with Crippen LogP contribution in [0, 0.1) is 0 Å². The molecule has 7 heteroatoms. The van der Waals surface area contributed by atoms with Crippen LogP contribution in [0.3, 0.4) is 0 Å². The minimum Gasteiger partial charge on any atom is -0.397 e. The Bertz CT molecular complexity index is 446. The van der Waals surface area contributed by atoms with E-state index in [1.165, 1.54) is 13.1 Å². The van der Waals surface area contributed by atoms with Crippen molar-refractivity contribution in [3.8, 4) is 0 Å². The summed E-state index contributed by atoms with van der Waals surface area (Å²) in [5, 5.41) is 5.27. The molecule has 0 aromatic heterocycles. The average Bonchev–Trinajstić information content (AvgIpc) is 2.33. The fourth-order valence-electron chi connectivity index (χ4n) is 1.52. The van der Waals surface area contributed by atoms with E-state index in [0.29, 0.717) is 16.9 Å². The Balaban J connectivity index is 2.54. The Kier molecular flexibility index (Phi) is 5.02. The summed E-state index contributed by atoms with van der Waals surface area (Å²) < 4.78 is 35.8. The number of rotatable bonds is 5. The van der Waals surface area contributed by atoms with Crippen molar-refractivity contribution in [2.45, 2.75) is 19.0 Å². The topological polar surface area (TPSA) is 67.2 Å². The molecule has 0 spiro atoms. The largest absolute Gasteiger partial charge is 0.397 e. The van der Waals surface area contributed by atoms with Crippen LogP contribution in [-0.2, 0) is 0 Å². The minimum atomic E-state index is -4.14. The predicted octanol–water partition coefficient (Wildman–Crippen LogP) is 2.38. The minimum absolute atomic E-state index is 0.0276. The van der Waals surface area contributed by atoms with Crippen LogP contribution < -0.4 is 16.4 Å². The molecule has 1 rings (SSSR count). The molecule has 0 radical (unpaired) electrons. The zero-order chi connectivity index (χ0) is 14.5.